The van der Waals surface area contributed by atoms with Gasteiger partial charge in [0.25, 0.3) is 5.91 Å². The predicted molar refractivity (Wildman–Crippen MR) is 125 cm³/mol. The van der Waals surface area contributed by atoms with Crippen LogP contribution in [0, 0.1) is 11.8 Å². The number of ether oxygens (including phenoxy) is 2. The molecule has 0 saturated carbocycles. The topological polar surface area (TPSA) is 97.8 Å². The summed E-state index contributed by atoms with van der Waals surface area (Å²) in [5, 5.41) is 13.0. The SMILES string of the molecule is CCC[C@H]1CCC[C@H](NC(=O)c2nccc(OC)c2O)C(=O)O[C@@H](C)[C@@H]1Cc1ccccc1. The van der Waals surface area contributed by atoms with Gasteiger partial charge in [0, 0.05) is 18.2 Å². The number of hydrogen-bond donors (Lipinski definition) is 2. The molecule has 1 aliphatic heterocycles. The average Bonchev–Trinajstić information content (AvgIpc) is 2.86. The first-order valence-corrected chi connectivity index (χ1v) is 11.7. The van der Waals surface area contributed by atoms with Crippen molar-refractivity contribution in [1.29, 1.82) is 0 Å². The Morgan fingerprint density at radius 1 is 1.24 bits per heavy atom. The Hall–Kier alpha value is -3.09. The first-order chi connectivity index (χ1) is 15.9. The fourth-order valence-electron chi connectivity index (χ4n) is 4.73. The van der Waals surface area contributed by atoms with Gasteiger partial charge in [0.2, 0.25) is 0 Å². The minimum Gasteiger partial charge on any atom is -0.503 e. The van der Waals surface area contributed by atoms with E-state index in [1.165, 1.54) is 24.9 Å². The van der Waals surface area contributed by atoms with Crippen LogP contribution in [-0.4, -0.2) is 41.2 Å². The number of hydrogen-bond acceptors (Lipinski definition) is 6. The number of aromatic nitrogens is 1. The molecule has 3 rings (SSSR count). The molecule has 0 spiro atoms. The standard InChI is InChI=1S/C26H34N2O5/c1-4-9-19-12-8-13-21(28-25(30)23-24(29)22(32-3)14-15-27-23)26(31)33-17(2)20(19)16-18-10-6-5-7-11-18/h5-7,10-11,14-15,17,19-21,29H,4,8-9,12-13,16H2,1-3H3,(H,28,30)/t17-,19-,20-,21-/m0/s1. The number of benzene rings is 1. The summed E-state index contributed by atoms with van der Waals surface area (Å²) in [4.78, 5) is 29.8. The predicted octanol–water partition coefficient (Wildman–Crippen LogP) is 4.29. The number of pyridine rings is 1. The van der Waals surface area contributed by atoms with Crippen LogP contribution < -0.4 is 10.1 Å². The smallest absolute Gasteiger partial charge is 0.328 e. The van der Waals surface area contributed by atoms with Crippen molar-refractivity contribution in [3.63, 3.8) is 0 Å². The summed E-state index contributed by atoms with van der Waals surface area (Å²) in [5.74, 6) is -0.661. The van der Waals surface area contributed by atoms with E-state index in [4.69, 9.17) is 9.47 Å². The maximum absolute atomic E-state index is 13.0. The number of amides is 1. The van der Waals surface area contributed by atoms with E-state index in [-0.39, 0.29) is 29.2 Å². The number of carbonyl (C=O) groups excluding carboxylic acids is 2. The maximum atomic E-state index is 13.0. The summed E-state index contributed by atoms with van der Waals surface area (Å²) in [7, 11) is 1.40. The second kappa shape index (κ2) is 11.7. The minimum atomic E-state index is -0.801. The first-order valence-electron chi connectivity index (χ1n) is 11.7. The van der Waals surface area contributed by atoms with Gasteiger partial charge < -0.3 is 19.9 Å². The van der Waals surface area contributed by atoms with Gasteiger partial charge in [-0.15, -0.1) is 0 Å². The van der Waals surface area contributed by atoms with Crippen molar-refractivity contribution in [3.05, 3.63) is 53.9 Å². The summed E-state index contributed by atoms with van der Waals surface area (Å²) in [6.45, 7) is 4.13. The zero-order chi connectivity index (χ0) is 23.8. The molecule has 0 radical (unpaired) electrons. The summed E-state index contributed by atoms with van der Waals surface area (Å²) in [6.07, 6.45) is 6.30. The molecule has 2 aromatic rings. The average molecular weight is 455 g/mol. The maximum Gasteiger partial charge on any atom is 0.328 e. The number of rotatable bonds is 7. The Kier molecular flexibility index (Phi) is 8.69. The van der Waals surface area contributed by atoms with E-state index in [1.54, 1.807) is 0 Å². The van der Waals surface area contributed by atoms with Crippen molar-refractivity contribution in [2.75, 3.05) is 7.11 Å². The van der Waals surface area contributed by atoms with E-state index >= 15 is 0 Å². The molecule has 0 unspecified atom stereocenters. The minimum absolute atomic E-state index is 0.145. The highest BCUT2D eigenvalue weighted by molar-refractivity contribution is 5.97. The van der Waals surface area contributed by atoms with Crippen LogP contribution in [0.3, 0.4) is 0 Å². The van der Waals surface area contributed by atoms with E-state index in [1.807, 2.05) is 25.1 Å². The van der Waals surface area contributed by atoms with Gasteiger partial charge in [0.15, 0.2) is 17.2 Å². The number of carbonyl (C=O) groups is 2. The molecule has 1 saturated heterocycles. The molecule has 1 aromatic heterocycles. The number of nitrogens with zero attached hydrogens (tertiary/aromatic N) is 1. The molecule has 1 aromatic carbocycles. The molecule has 1 amide bonds. The molecule has 0 aliphatic carbocycles. The van der Waals surface area contributed by atoms with E-state index < -0.39 is 17.9 Å². The Labute approximate surface area is 195 Å². The van der Waals surface area contributed by atoms with Gasteiger partial charge in [-0.25, -0.2) is 9.78 Å². The van der Waals surface area contributed by atoms with Crippen molar-refractivity contribution < 1.29 is 24.2 Å². The Morgan fingerprint density at radius 3 is 2.70 bits per heavy atom. The van der Waals surface area contributed by atoms with Crippen molar-refractivity contribution in [1.82, 2.24) is 10.3 Å². The fourth-order valence-corrected chi connectivity index (χ4v) is 4.73. The third kappa shape index (κ3) is 6.24. The molecule has 7 heteroatoms. The molecular weight excluding hydrogens is 420 g/mol. The van der Waals surface area contributed by atoms with Crippen LogP contribution in [0.15, 0.2) is 42.6 Å². The summed E-state index contributed by atoms with van der Waals surface area (Å²) < 4.78 is 10.9. The Bertz CT molecular complexity index is 934. The zero-order valence-corrected chi connectivity index (χ0v) is 19.6. The number of methoxy groups -OCH3 is 1. The van der Waals surface area contributed by atoms with Crippen molar-refractivity contribution in [3.8, 4) is 11.5 Å². The lowest BCUT2D eigenvalue weighted by Crippen LogP contribution is -2.43. The van der Waals surface area contributed by atoms with E-state index in [0.717, 1.165) is 32.1 Å². The van der Waals surface area contributed by atoms with Crippen LogP contribution in [-0.2, 0) is 16.0 Å². The Morgan fingerprint density at radius 2 is 2.00 bits per heavy atom. The molecule has 178 valence electrons. The van der Waals surface area contributed by atoms with Gasteiger partial charge in [0.05, 0.1) is 7.11 Å². The summed E-state index contributed by atoms with van der Waals surface area (Å²) in [6, 6.07) is 10.9. The summed E-state index contributed by atoms with van der Waals surface area (Å²) >= 11 is 0. The van der Waals surface area contributed by atoms with Gasteiger partial charge in [-0.2, -0.15) is 0 Å². The van der Waals surface area contributed by atoms with Crippen LogP contribution in [0.25, 0.3) is 0 Å². The van der Waals surface area contributed by atoms with Crippen LogP contribution in [0.1, 0.15) is 62.0 Å². The lowest BCUT2D eigenvalue weighted by atomic mass is 9.78. The molecule has 4 atom stereocenters. The molecule has 1 aliphatic rings. The van der Waals surface area contributed by atoms with Gasteiger partial charge >= 0.3 is 5.97 Å². The zero-order valence-electron chi connectivity index (χ0n) is 19.6. The molecular formula is C26H34N2O5. The number of nitrogens with one attached hydrogen (secondary N) is 1. The van der Waals surface area contributed by atoms with Crippen LogP contribution in [0.2, 0.25) is 0 Å². The molecule has 2 N–H and O–H groups in total. The molecule has 1 fully saturated rings. The third-order valence-electron chi connectivity index (χ3n) is 6.46. The lowest BCUT2D eigenvalue weighted by molar-refractivity contribution is -0.153. The summed E-state index contributed by atoms with van der Waals surface area (Å²) in [5.41, 5.74) is 1.05. The van der Waals surface area contributed by atoms with Gasteiger partial charge in [0.1, 0.15) is 12.1 Å². The number of aromatic hydroxyl groups is 1. The Balaban J connectivity index is 1.76. The van der Waals surface area contributed by atoms with E-state index in [0.29, 0.717) is 12.3 Å². The normalized spacial score (nSPS) is 23.5. The highest BCUT2D eigenvalue weighted by Gasteiger charge is 2.34. The second-order valence-corrected chi connectivity index (χ2v) is 8.71. The van der Waals surface area contributed by atoms with Gasteiger partial charge in [-0.3, -0.25) is 4.79 Å². The first kappa shape index (κ1) is 24.6. The molecule has 33 heavy (non-hydrogen) atoms. The number of cyclic esters (lactones) is 1. The quantitative estimate of drug-likeness (QED) is 0.606. The van der Waals surface area contributed by atoms with Crippen LogP contribution in [0.5, 0.6) is 11.5 Å². The molecule has 2 heterocycles. The van der Waals surface area contributed by atoms with Crippen molar-refractivity contribution >= 4 is 11.9 Å². The monoisotopic (exact) mass is 454 g/mol. The fraction of sp³-hybridized carbons (Fsp3) is 0.500. The second-order valence-electron chi connectivity index (χ2n) is 8.71. The van der Waals surface area contributed by atoms with E-state index in [2.05, 4.69) is 29.4 Å². The van der Waals surface area contributed by atoms with Crippen LogP contribution >= 0.6 is 0 Å². The van der Waals surface area contributed by atoms with Gasteiger partial charge in [-0.05, 0) is 37.7 Å². The van der Waals surface area contributed by atoms with Gasteiger partial charge in [-0.1, -0.05) is 56.5 Å². The third-order valence-corrected chi connectivity index (χ3v) is 6.46. The number of esters is 1. The van der Waals surface area contributed by atoms with Crippen molar-refractivity contribution in [2.45, 2.75) is 64.5 Å². The van der Waals surface area contributed by atoms with E-state index in [9.17, 15) is 14.7 Å². The molecule has 0 bridgehead atoms. The van der Waals surface area contributed by atoms with Crippen molar-refractivity contribution in [2.24, 2.45) is 11.8 Å². The highest BCUT2D eigenvalue weighted by Crippen LogP contribution is 2.33. The van der Waals surface area contributed by atoms with Crippen LogP contribution in [0.4, 0.5) is 0 Å². The highest BCUT2D eigenvalue weighted by atomic mass is 16.5. The molecule has 7 nitrogen and oxygen atoms in total. The lowest BCUT2D eigenvalue weighted by Gasteiger charge is -2.31. The largest absolute Gasteiger partial charge is 0.503 e.